The fraction of sp³-hybridized carbons (Fsp3) is 0.750. The summed E-state index contributed by atoms with van der Waals surface area (Å²) in [5.41, 5.74) is 0. The van der Waals surface area contributed by atoms with Gasteiger partial charge in [0, 0.05) is 6.42 Å². The first kappa shape index (κ1) is 12.1. The molecule has 0 aliphatic carbocycles. The van der Waals surface area contributed by atoms with Crippen LogP contribution in [0.25, 0.3) is 0 Å². The highest BCUT2D eigenvalue weighted by Crippen LogP contribution is 1.95. The zero-order chi connectivity index (χ0) is 10.3. The number of carbonyl (C=O) groups is 2. The second kappa shape index (κ2) is 6.56. The van der Waals surface area contributed by atoms with E-state index in [9.17, 15) is 9.59 Å². The van der Waals surface area contributed by atoms with Gasteiger partial charge in [0.05, 0.1) is 13.0 Å². The predicted octanol–water partition coefficient (Wildman–Crippen LogP) is -0.748. The minimum Gasteiger partial charge on any atom is -0.463 e. The van der Waals surface area contributed by atoms with Crippen molar-refractivity contribution in [3.8, 4) is 0 Å². The second-order valence-electron chi connectivity index (χ2n) is 2.72. The quantitative estimate of drug-likeness (QED) is 0.538. The van der Waals surface area contributed by atoms with Crippen molar-refractivity contribution in [3.63, 3.8) is 0 Å². The number of Topliss-reactive ketones (excluding diaryl/α,β-unsaturated/α-hetero) is 1. The zero-order valence-corrected chi connectivity index (χ0v) is 7.52. The average molecular weight is 190 g/mol. The van der Waals surface area contributed by atoms with Crippen LogP contribution >= 0.6 is 0 Å². The van der Waals surface area contributed by atoms with Gasteiger partial charge in [-0.05, 0) is 6.92 Å². The third-order valence-electron chi connectivity index (χ3n) is 1.33. The number of ketones is 1. The number of carbonyl (C=O) groups excluding carboxylic acids is 2. The van der Waals surface area contributed by atoms with Crippen LogP contribution in [0, 0.1) is 0 Å². The monoisotopic (exact) mass is 190 g/mol. The van der Waals surface area contributed by atoms with Gasteiger partial charge in [-0.2, -0.15) is 0 Å². The van der Waals surface area contributed by atoms with Crippen molar-refractivity contribution in [1.29, 1.82) is 0 Å². The van der Waals surface area contributed by atoms with Gasteiger partial charge in [0.1, 0.15) is 18.5 Å². The molecular weight excluding hydrogens is 176 g/mol. The highest BCUT2D eigenvalue weighted by molar-refractivity contribution is 5.80. The maximum atomic E-state index is 10.8. The molecule has 0 aromatic heterocycles. The van der Waals surface area contributed by atoms with E-state index in [4.69, 9.17) is 10.2 Å². The standard InChI is InChI=1S/C8H14O5/c1-6(10)2-3-8(12)13-5-7(11)4-9/h7,9,11H,2-5H2,1H3/t7-/m1/s1. The molecule has 0 bridgehead atoms. The molecule has 0 aliphatic rings. The molecule has 0 aromatic rings. The van der Waals surface area contributed by atoms with Gasteiger partial charge < -0.3 is 19.7 Å². The van der Waals surface area contributed by atoms with E-state index in [1.54, 1.807) is 0 Å². The Labute approximate surface area is 76.3 Å². The number of esters is 1. The van der Waals surface area contributed by atoms with E-state index >= 15 is 0 Å². The Morgan fingerprint density at radius 1 is 1.38 bits per heavy atom. The Kier molecular flexibility index (Phi) is 6.09. The summed E-state index contributed by atoms with van der Waals surface area (Å²) >= 11 is 0. The van der Waals surface area contributed by atoms with Gasteiger partial charge in [0.2, 0.25) is 0 Å². The molecule has 0 fully saturated rings. The molecule has 0 unspecified atom stereocenters. The van der Waals surface area contributed by atoms with Crippen molar-refractivity contribution in [2.24, 2.45) is 0 Å². The summed E-state index contributed by atoms with van der Waals surface area (Å²) in [6.45, 7) is 0.711. The molecule has 2 N–H and O–H groups in total. The van der Waals surface area contributed by atoms with E-state index < -0.39 is 18.7 Å². The molecule has 1 atom stereocenters. The van der Waals surface area contributed by atoms with E-state index in [2.05, 4.69) is 4.74 Å². The fourth-order valence-electron chi connectivity index (χ4n) is 0.592. The zero-order valence-electron chi connectivity index (χ0n) is 7.52. The largest absolute Gasteiger partial charge is 0.463 e. The third-order valence-corrected chi connectivity index (χ3v) is 1.33. The molecule has 0 heterocycles. The highest BCUT2D eigenvalue weighted by Gasteiger charge is 2.08. The number of aliphatic hydroxyl groups is 2. The second-order valence-corrected chi connectivity index (χ2v) is 2.72. The summed E-state index contributed by atoms with van der Waals surface area (Å²) in [5.74, 6) is -0.623. The summed E-state index contributed by atoms with van der Waals surface area (Å²) < 4.78 is 4.54. The topological polar surface area (TPSA) is 83.8 Å². The lowest BCUT2D eigenvalue weighted by atomic mass is 10.2. The lowest BCUT2D eigenvalue weighted by Gasteiger charge is -2.07. The molecule has 0 aliphatic heterocycles. The van der Waals surface area contributed by atoms with E-state index in [1.807, 2.05) is 0 Å². The lowest BCUT2D eigenvalue weighted by Crippen LogP contribution is -2.22. The van der Waals surface area contributed by atoms with Crippen LogP contribution in [0.5, 0.6) is 0 Å². The van der Waals surface area contributed by atoms with Crippen molar-refractivity contribution in [1.82, 2.24) is 0 Å². The van der Waals surface area contributed by atoms with Crippen LogP contribution < -0.4 is 0 Å². The van der Waals surface area contributed by atoms with Gasteiger partial charge in [-0.25, -0.2) is 0 Å². The maximum Gasteiger partial charge on any atom is 0.306 e. The minimum absolute atomic E-state index is 0.0213. The van der Waals surface area contributed by atoms with E-state index in [0.29, 0.717) is 0 Å². The highest BCUT2D eigenvalue weighted by atomic mass is 16.5. The SMILES string of the molecule is CC(=O)CCC(=O)OC[C@H](O)CO. The van der Waals surface area contributed by atoms with Crippen molar-refractivity contribution >= 4 is 11.8 Å². The first-order valence-electron chi connectivity index (χ1n) is 4.00. The number of hydrogen-bond donors (Lipinski definition) is 2. The van der Waals surface area contributed by atoms with Gasteiger partial charge in [0.15, 0.2) is 0 Å². The number of aliphatic hydroxyl groups excluding tert-OH is 2. The summed E-state index contributed by atoms with van der Waals surface area (Å²) in [4.78, 5) is 21.2. The van der Waals surface area contributed by atoms with Crippen LogP contribution in [-0.2, 0) is 14.3 Å². The van der Waals surface area contributed by atoms with Crippen LogP contribution in [0.2, 0.25) is 0 Å². The van der Waals surface area contributed by atoms with E-state index in [1.165, 1.54) is 6.92 Å². The lowest BCUT2D eigenvalue weighted by molar-refractivity contribution is -0.148. The third kappa shape index (κ3) is 7.42. The van der Waals surface area contributed by atoms with Crippen LogP contribution in [0.4, 0.5) is 0 Å². The molecular formula is C8H14O5. The Morgan fingerprint density at radius 3 is 2.46 bits per heavy atom. The van der Waals surface area contributed by atoms with Crippen molar-refractivity contribution in [2.45, 2.75) is 25.9 Å². The summed E-state index contributed by atoms with van der Waals surface area (Å²) in [6.07, 6.45) is -0.872. The van der Waals surface area contributed by atoms with Crippen molar-refractivity contribution in [2.75, 3.05) is 13.2 Å². The molecule has 5 nitrogen and oxygen atoms in total. The molecule has 0 saturated carbocycles. The summed E-state index contributed by atoms with van der Waals surface area (Å²) in [5, 5.41) is 17.2. The van der Waals surface area contributed by atoms with Gasteiger partial charge in [-0.3, -0.25) is 4.79 Å². The summed E-state index contributed by atoms with van der Waals surface area (Å²) in [7, 11) is 0. The van der Waals surface area contributed by atoms with Crippen LogP contribution in [0.1, 0.15) is 19.8 Å². The number of ether oxygens (including phenoxy) is 1. The molecule has 0 rings (SSSR count). The molecule has 0 radical (unpaired) electrons. The van der Waals surface area contributed by atoms with Crippen LogP contribution in [0.3, 0.4) is 0 Å². The number of hydrogen-bond acceptors (Lipinski definition) is 5. The fourth-order valence-corrected chi connectivity index (χ4v) is 0.592. The van der Waals surface area contributed by atoms with Gasteiger partial charge in [0.25, 0.3) is 0 Å². The molecule has 0 spiro atoms. The van der Waals surface area contributed by atoms with Gasteiger partial charge in [-0.1, -0.05) is 0 Å². The van der Waals surface area contributed by atoms with Crippen molar-refractivity contribution < 1.29 is 24.5 Å². The maximum absolute atomic E-state index is 10.8. The Balaban J connectivity index is 3.46. The predicted molar refractivity (Wildman–Crippen MR) is 44.0 cm³/mol. The molecule has 5 heteroatoms. The van der Waals surface area contributed by atoms with Gasteiger partial charge >= 0.3 is 5.97 Å². The Bertz CT molecular complexity index is 177. The molecule has 76 valence electrons. The average Bonchev–Trinajstić information content (AvgIpc) is 2.10. The smallest absolute Gasteiger partial charge is 0.306 e. The number of rotatable bonds is 6. The van der Waals surface area contributed by atoms with E-state index in [-0.39, 0.29) is 25.2 Å². The van der Waals surface area contributed by atoms with E-state index in [0.717, 1.165) is 0 Å². The normalized spacial score (nSPS) is 12.2. The molecule has 0 saturated heterocycles. The molecule has 13 heavy (non-hydrogen) atoms. The minimum atomic E-state index is -1.04. The molecule has 0 amide bonds. The Hall–Kier alpha value is -0.940. The first-order valence-corrected chi connectivity index (χ1v) is 4.00. The van der Waals surface area contributed by atoms with Gasteiger partial charge in [-0.15, -0.1) is 0 Å². The van der Waals surface area contributed by atoms with Crippen LogP contribution in [0.15, 0.2) is 0 Å². The Morgan fingerprint density at radius 2 is 2.00 bits per heavy atom. The summed E-state index contributed by atoms with van der Waals surface area (Å²) in [6, 6.07) is 0. The molecule has 0 aromatic carbocycles. The van der Waals surface area contributed by atoms with Crippen LogP contribution in [-0.4, -0.2) is 41.3 Å². The first-order chi connectivity index (χ1) is 6.06. The van der Waals surface area contributed by atoms with Crippen molar-refractivity contribution in [3.05, 3.63) is 0 Å².